The van der Waals surface area contributed by atoms with E-state index in [-0.39, 0.29) is 5.82 Å². The minimum atomic E-state index is 0.200. The summed E-state index contributed by atoms with van der Waals surface area (Å²) in [5.74, 6) is 0.200. The van der Waals surface area contributed by atoms with Crippen molar-refractivity contribution >= 4 is 0 Å². The molecule has 2 aromatic rings. The van der Waals surface area contributed by atoms with Gasteiger partial charge < -0.3 is 0 Å². The second kappa shape index (κ2) is 3.67. The molecule has 1 heterocycles. The maximum atomic E-state index is 8.63. The van der Waals surface area contributed by atoms with Gasteiger partial charge in [-0.25, -0.2) is 9.97 Å². The van der Waals surface area contributed by atoms with Gasteiger partial charge in [-0.15, -0.1) is 0 Å². The number of rotatable bonds is 1. The highest BCUT2D eigenvalue weighted by Crippen LogP contribution is 2.14. The van der Waals surface area contributed by atoms with Gasteiger partial charge in [0.25, 0.3) is 0 Å². The number of nitriles is 1. The predicted octanol–water partition coefficient (Wildman–Crippen LogP) is 2.02. The molecule has 0 bridgehead atoms. The lowest BCUT2D eigenvalue weighted by molar-refractivity contribution is 1.12. The molecule has 3 heteroatoms. The monoisotopic (exact) mass is 181 g/mol. The van der Waals surface area contributed by atoms with Crippen LogP contribution >= 0.6 is 0 Å². The quantitative estimate of drug-likeness (QED) is 0.676. The first kappa shape index (κ1) is 8.39. The molecule has 0 amide bonds. The molecule has 0 radical (unpaired) electrons. The standard InChI is InChI=1S/C11H7N3/c12-8-11-13-7-6-10(14-11)9-4-2-1-3-5-9/h1-7H. The summed E-state index contributed by atoms with van der Waals surface area (Å²) in [6.07, 6.45) is 1.59. The molecule has 0 aliphatic rings. The zero-order chi connectivity index (χ0) is 9.80. The zero-order valence-corrected chi connectivity index (χ0v) is 7.38. The second-order valence-electron chi connectivity index (χ2n) is 2.74. The lowest BCUT2D eigenvalue weighted by atomic mass is 10.1. The van der Waals surface area contributed by atoms with Gasteiger partial charge in [0, 0.05) is 11.8 Å². The van der Waals surface area contributed by atoms with Crippen LogP contribution in [0.2, 0.25) is 0 Å². The summed E-state index contributed by atoms with van der Waals surface area (Å²) in [4.78, 5) is 7.90. The maximum absolute atomic E-state index is 8.63. The topological polar surface area (TPSA) is 49.6 Å². The summed E-state index contributed by atoms with van der Waals surface area (Å²) >= 11 is 0. The molecule has 0 unspecified atom stereocenters. The Bertz CT molecular complexity index is 471. The minimum Gasteiger partial charge on any atom is -0.227 e. The zero-order valence-electron chi connectivity index (χ0n) is 7.38. The molecule has 14 heavy (non-hydrogen) atoms. The van der Waals surface area contributed by atoms with E-state index in [1.165, 1.54) is 0 Å². The van der Waals surface area contributed by atoms with E-state index in [1.807, 2.05) is 36.4 Å². The van der Waals surface area contributed by atoms with Gasteiger partial charge in [0.05, 0.1) is 5.69 Å². The van der Waals surface area contributed by atoms with Gasteiger partial charge in [-0.3, -0.25) is 0 Å². The van der Waals surface area contributed by atoms with Crippen LogP contribution in [0.15, 0.2) is 42.6 Å². The Morgan fingerprint density at radius 1 is 1.07 bits per heavy atom. The van der Waals surface area contributed by atoms with Gasteiger partial charge in [0.1, 0.15) is 6.07 Å². The van der Waals surface area contributed by atoms with Crippen LogP contribution in [0.1, 0.15) is 5.82 Å². The molecule has 0 spiro atoms. The Morgan fingerprint density at radius 2 is 1.86 bits per heavy atom. The normalized spacial score (nSPS) is 9.36. The van der Waals surface area contributed by atoms with Crippen LogP contribution in [0.4, 0.5) is 0 Å². The van der Waals surface area contributed by atoms with E-state index in [2.05, 4.69) is 9.97 Å². The largest absolute Gasteiger partial charge is 0.232 e. The molecule has 0 saturated carbocycles. The molecule has 66 valence electrons. The fourth-order valence-corrected chi connectivity index (χ4v) is 1.18. The first-order valence-corrected chi connectivity index (χ1v) is 4.19. The maximum Gasteiger partial charge on any atom is 0.232 e. The van der Waals surface area contributed by atoms with E-state index < -0.39 is 0 Å². The first-order chi connectivity index (χ1) is 6.90. The molecular weight excluding hydrogens is 174 g/mol. The van der Waals surface area contributed by atoms with Crippen molar-refractivity contribution < 1.29 is 0 Å². The SMILES string of the molecule is N#Cc1nccc(-c2ccccc2)n1. The molecule has 1 aromatic carbocycles. The Kier molecular flexibility index (Phi) is 2.20. The summed E-state index contributed by atoms with van der Waals surface area (Å²) in [6, 6.07) is 13.4. The van der Waals surface area contributed by atoms with Crippen molar-refractivity contribution in [1.29, 1.82) is 5.26 Å². The summed E-state index contributed by atoms with van der Waals surface area (Å²) in [5, 5.41) is 8.63. The summed E-state index contributed by atoms with van der Waals surface area (Å²) in [7, 11) is 0. The van der Waals surface area contributed by atoms with Crippen molar-refractivity contribution in [3.63, 3.8) is 0 Å². The number of hydrogen-bond acceptors (Lipinski definition) is 3. The number of benzene rings is 1. The molecule has 0 aliphatic carbocycles. The molecule has 1 aromatic heterocycles. The summed E-state index contributed by atoms with van der Waals surface area (Å²) < 4.78 is 0. The van der Waals surface area contributed by atoms with Crippen molar-refractivity contribution in [3.05, 3.63) is 48.4 Å². The summed E-state index contributed by atoms with van der Waals surface area (Å²) in [6.45, 7) is 0. The Labute approximate surface area is 81.7 Å². The van der Waals surface area contributed by atoms with Gasteiger partial charge in [-0.2, -0.15) is 5.26 Å². The van der Waals surface area contributed by atoms with Crippen molar-refractivity contribution in [1.82, 2.24) is 9.97 Å². The molecular formula is C11H7N3. The van der Waals surface area contributed by atoms with E-state index in [0.29, 0.717) is 0 Å². The fraction of sp³-hybridized carbons (Fsp3) is 0. The average Bonchev–Trinajstić information content (AvgIpc) is 2.30. The minimum absolute atomic E-state index is 0.200. The van der Waals surface area contributed by atoms with E-state index in [9.17, 15) is 0 Å². The van der Waals surface area contributed by atoms with Crippen molar-refractivity contribution in [2.75, 3.05) is 0 Å². The highest BCUT2D eigenvalue weighted by Gasteiger charge is 1.99. The van der Waals surface area contributed by atoms with E-state index in [0.717, 1.165) is 11.3 Å². The number of hydrogen-bond donors (Lipinski definition) is 0. The Balaban J connectivity index is 2.49. The van der Waals surface area contributed by atoms with Crippen molar-refractivity contribution in [2.45, 2.75) is 0 Å². The summed E-state index contributed by atoms with van der Waals surface area (Å²) in [5.41, 5.74) is 1.77. The Morgan fingerprint density at radius 3 is 2.57 bits per heavy atom. The van der Waals surface area contributed by atoms with Crippen molar-refractivity contribution in [2.24, 2.45) is 0 Å². The third-order valence-electron chi connectivity index (χ3n) is 1.83. The van der Waals surface area contributed by atoms with Crippen LogP contribution < -0.4 is 0 Å². The van der Waals surface area contributed by atoms with Crippen LogP contribution in [0, 0.1) is 11.3 Å². The molecule has 0 atom stereocenters. The second-order valence-corrected chi connectivity index (χ2v) is 2.74. The Hall–Kier alpha value is -2.21. The van der Waals surface area contributed by atoms with Gasteiger partial charge in [0.2, 0.25) is 5.82 Å². The first-order valence-electron chi connectivity index (χ1n) is 4.19. The lowest BCUT2D eigenvalue weighted by Crippen LogP contribution is -1.90. The third-order valence-corrected chi connectivity index (χ3v) is 1.83. The number of nitrogens with zero attached hydrogens (tertiary/aromatic N) is 3. The van der Waals surface area contributed by atoms with Crippen molar-refractivity contribution in [3.8, 4) is 17.3 Å². The highest BCUT2D eigenvalue weighted by atomic mass is 14.9. The third kappa shape index (κ3) is 1.59. The van der Waals surface area contributed by atoms with E-state index in [4.69, 9.17) is 5.26 Å². The van der Waals surface area contributed by atoms with E-state index in [1.54, 1.807) is 12.3 Å². The van der Waals surface area contributed by atoms with Crippen LogP contribution in [0.25, 0.3) is 11.3 Å². The van der Waals surface area contributed by atoms with Gasteiger partial charge >= 0.3 is 0 Å². The predicted molar refractivity (Wildman–Crippen MR) is 52.2 cm³/mol. The van der Waals surface area contributed by atoms with Crippen LogP contribution in [-0.4, -0.2) is 9.97 Å². The smallest absolute Gasteiger partial charge is 0.227 e. The molecule has 3 nitrogen and oxygen atoms in total. The van der Waals surface area contributed by atoms with Crippen LogP contribution in [0.5, 0.6) is 0 Å². The van der Waals surface area contributed by atoms with Crippen LogP contribution in [0.3, 0.4) is 0 Å². The van der Waals surface area contributed by atoms with Crippen LogP contribution in [-0.2, 0) is 0 Å². The lowest BCUT2D eigenvalue weighted by Gasteiger charge is -1.98. The molecule has 0 aliphatic heterocycles. The van der Waals surface area contributed by atoms with Gasteiger partial charge in [0.15, 0.2) is 0 Å². The molecule has 0 fully saturated rings. The van der Waals surface area contributed by atoms with Gasteiger partial charge in [-0.05, 0) is 6.07 Å². The highest BCUT2D eigenvalue weighted by molar-refractivity contribution is 5.58. The number of aromatic nitrogens is 2. The molecule has 2 rings (SSSR count). The van der Waals surface area contributed by atoms with Gasteiger partial charge in [-0.1, -0.05) is 30.3 Å². The molecule has 0 saturated heterocycles. The average molecular weight is 181 g/mol. The van der Waals surface area contributed by atoms with E-state index >= 15 is 0 Å². The fourth-order valence-electron chi connectivity index (χ4n) is 1.18. The molecule has 0 N–H and O–H groups in total.